The van der Waals surface area contributed by atoms with Gasteiger partial charge in [-0.05, 0) is 18.2 Å². The van der Waals surface area contributed by atoms with Crippen molar-refractivity contribution < 1.29 is 18.3 Å². The van der Waals surface area contributed by atoms with Crippen molar-refractivity contribution in [3.63, 3.8) is 0 Å². The molecule has 0 spiro atoms. The van der Waals surface area contributed by atoms with E-state index in [-0.39, 0.29) is 17.3 Å². The molecule has 33 heavy (non-hydrogen) atoms. The maximum atomic E-state index is 13.2. The van der Waals surface area contributed by atoms with Crippen LogP contribution in [0.1, 0.15) is 11.3 Å². The molecule has 1 aliphatic heterocycles. The number of benzene rings is 2. The minimum absolute atomic E-state index is 0.234. The Morgan fingerprint density at radius 2 is 1.79 bits per heavy atom. The second kappa shape index (κ2) is 8.87. The van der Waals surface area contributed by atoms with E-state index < -0.39 is 9.84 Å². The van der Waals surface area contributed by atoms with E-state index >= 15 is 0 Å². The first kappa shape index (κ1) is 21.5. The Hall–Kier alpha value is -3.38. The van der Waals surface area contributed by atoms with Gasteiger partial charge in [0.1, 0.15) is 12.3 Å². The molecule has 1 aliphatic rings. The number of fused-ring (bicyclic) bond motifs is 3. The molecule has 2 aromatic carbocycles. The zero-order valence-electron chi connectivity index (χ0n) is 17.9. The smallest absolute Gasteiger partial charge is 0.184 e. The highest BCUT2D eigenvalue weighted by Gasteiger charge is 2.26. The van der Waals surface area contributed by atoms with E-state index in [9.17, 15) is 13.5 Å². The molecule has 1 fully saturated rings. The van der Waals surface area contributed by atoms with E-state index in [1.165, 1.54) is 0 Å². The molecule has 4 aromatic rings. The van der Waals surface area contributed by atoms with Gasteiger partial charge in [-0.25, -0.2) is 13.4 Å². The Morgan fingerprint density at radius 3 is 2.55 bits per heavy atom. The zero-order chi connectivity index (χ0) is 22.8. The molecule has 168 valence electrons. The van der Waals surface area contributed by atoms with E-state index in [0.717, 1.165) is 22.0 Å². The van der Waals surface area contributed by atoms with Gasteiger partial charge in [-0.3, -0.25) is 0 Å². The summed E-state index contributed by atoms with van der Waals surface area (Å²) >= 11 is 0. The Kier molecular flexibility index (Phi) is 5.77. The SMILES string of the molecule is O=S(=O)(Cc1nc2[nH]c3ccccc3c2c(N2CCOCC2)c1C#CCO)c1ccccc1. The van der Waals surface area contributed by atoms with E-state index in [1.807, 2.05) is 24.3 Å². The van der Waals surface area contributed by atoms with Crippen molar-refractivity contribution in [3.05, 3.63) is 65.9 Å². The molecule has 7 nitrogen and oxygen atoms in total. The van der Waals surface area contributed by atoms with Gasteiger partial charge in [0.15, 0.2) is 9.84 Å². The van der Waals surface area contributed by atoms with E-state index in [1.54, 1.807) is 30.3 Å². The lowest BCUT2D eigenvalue weighted by Crippen LogP contribution is -2.37. The normalized spacial score (nSPS) is 14.4. The number of aliphatic hydroxyl groups is 1. The largest absolute Gasteiger partial charge is 0.384 e. The summed E-state index contributed by atoms with van der Waals surface area (Å²) in [4.78, 5) is 10.5. The maximum Gasteiger partial charge on any atom is 0.184 e. The third-order valence-corrected chi connectivity index (χ3v) is 7.39. The molecule has 0 aliphatic carbocycles. The fourth-order valence-corrected chi connectivity index (χ4v) is 5.57. The van der Waals surface area contributed by atoms with Crippen molar-refractivity contribution in [3.8, 4) is 11.8 Å². The van der Waals surface area contributed by atoms with Crippen LogP contribution in [0.15, 0.2) is 59.5 Å². The average molecular weight is 462 g/mol. The summed E-state index contributed by atoms with van der Waals surface area (Å²) in [6, 6.07) is 16.2. The number of aliphatic hydroxyl groups excluding tert-OH is 1. The molecule has 0 saturated carbocycles. The van der Waals surface area contributed by atoms with Crippen LogP contribution >= 0.6 is 0 Å². The maximum absolute atomic E-state index is 13.2. The van der Waals surface area contributed by atoms with Crippen LogP contribution in [-0.4, -0.2) is 56.4 Å². The zero-order valence-corrected chi connectivity index (χ0v) is 18.7. The summed E-state index contributed by atoms with van der Waals surface area (Å²) in [5.41, 5.74) is 3.26. The second-order valence-electron chi connectivity index (χ2n) is 7.81. The number of H-pyrrole nitrogens is 1. The van der Waals surface area contributed by atoms with Gasteiger partial charge in [-0.2, -0.15) is 0 Å². The number of hydrogen-bond acceptors (Lipinski definition) is 6. The third kappa shape index (κ3) is 4.07. The number of pyridine rings is 1. The predicted molar refractivity (Wildman–Crippen MR) is 128 cm³/mol. The van der Waals surface area contributed by atoms with Crippen LogP contribution in [0, 0.1) is 11.8 Å². The molecule has 0 bridgehead atoms. The first-order chi connectivity index (χ1) is 16.1. The van der Waals surface area contributed by atoms with Crippen LogP contribution in [0.5, 0.6) is 0 Å². The minimum atomic E-state index is -3.66. The van der Waals surface area contributed by atoms with Gasteiger partial charge < -0.3 is 19.7 Å². The molecule has 0 atom stereocenters. The Balaban J connectivity index is 1.79. The van der Waals surface area contributed by atoms with Crippen molar-refractivity contribution in [1.29, 1.82) is 0 Å². The molecule has 3 heterocycles. The lowest BCUT2D eigenvalue weighted by Gasteiger charge is -2.31. The highest BCUT2D eigenvalue weighted by Crippen LogP contribution is 2.38. The number of nitrogens with zero attached hydrogens (tertiary/aromatic N) is 2. The number of rotatable bonds is 4. The summed E-state index contributed by atoms with van der Waals surface area (Å²) in [5, 5.41) is 11.3. The van der Waals surface area contributed by atoms with Crippen molar-refractivity contribution in [2.45, 2.75) is 10.6 Å². The number of aromatic amines is 1. The summed E-state index contributed by atoms with van der Waals surface area (Å²) in [7, 11) is -3.66. The lowest BCUT2D eigenvalue weighted by molar-refractivity contribution is 0.123. The standard InChI is InChI=1S/C25H23N3O4S/c29-14-6-10-20-22(17-33(30,31)18-7-2-1-3-8-18)27-25-23(19-9-4-5-11-21(19)26-25)24(20)28-12-15-32-16-13-28/h1-5,7-9,11,29H,12-17H2,(H,26,27). The monoisotopic (exact) mass is 461 g/mol. The molecular weight excluding hydrogens is 438 g/mol. The molecular formula is C25H23N3O4S. The van der Waals surface area contributed by atoms with Gasteiger partial charge >= 0.3 is 0 Å². The number of ether oxygens (including phenoxy) is 1. The second-order valence-corrected chi connectivity index (χ2v) is 9.80. The van der Waals surface area contributed by atoms with Crippen molar-refractivity contribution in [1.82, 2.24) is 9.97 Å². The van der Waals surface area contributed by atoms with E-state index in [0.29, 0.717) is 43.2 Å². The molecule has 1 saturated heterocycles. The summed E-state index contributed by atoms with van der Waals surface area (Å²) < 4.78 is 32.0. The quantitative estimate of drug-likeness (QED) is 0.454. The fraction of sp³-hybridized carbons (Fsp3) is 0.240. The molecule has 0 unspecified atom stereocenters. The molecule has 8 heteroatoms. The van der Waals surface area contributed by atoms with E-state index in [4.69, 9.17) is 9.72 Å². The van der Waals surface area contributed by atoms with Gasteiger partial charge in [-0.1, -0.05) is 48.2 Å². The first-order valence-corrected chi connectivity index (χ1v) is 12.4. The molecule has 5 rings (SSSR count). The van der Waals surface area contributed by atoms with Crippen LogP contribution in [-0.2, 0) is 20.3 Å². The number of sulfone groups is 1. The molecule has 0 radical (unpaired) electrons. The Labute approximate surface area is 191 Å². The Morgan fingerprint density at radius 1 is 1.06 bits per heavy atom. The van der Waals surface area contributed by atoms with Gasteiger partial charge in [-0.15, -0.1) is 0 Å². The minimum Gasteiger partial charge on any atom is -0.384 e. The van der Waals surface area contributed by atoms with Gasteiger partial charge in [0, 0.05) is 24.0 Å². The van der Waals surface area contributed by atoms with Crippen LogP contribution < -0.4 is 4.90 Å². The van der Waals surface area contributed by atoms with E-state index in [2.05, 4.69) is 21.7 Å². The van der Waals surface area contributed by atoms with Crippen molar-refractivity contribution >= 4 is 37.5 Å². The van der Waals surface area contributed by atoms with Crippen LogP contribution in [0.25, 0.3) is 21.9 Å². The van der Waals surface area contributed by atoms with Crippen molar-refractivity contribution in [2.24, 2.45) is 0 Å². The number of nitrogens with one attached hydrogen (secondary N) is 1. The molecule has 2 N–H and O–H groups in total. The highest BCUT2D eigenvalue weighted by molar-refractivity contribution is 7.90. The van der Waals surface area contributed by atoms with Gasteiger partial charge in [0.25, 0.3) is 0 Å². The summed E-state index contributed by atoms with van der Waals surface area (Å²) in [6.07, 6.45) is 0. The summed E-state index contributed by atoms with van der Waals surface area (Å²) in [6.45, 7) is 2.10. The predicted octanol–water partition coefficient (Wildman–Crippen LogP) is 2.87. The van der Waals surface area contributed by atoms with Crippen LogP contribution in [0.4, 0.5) is 5.69 Å². The average Bonchev–Trinajstić information content (AvgIpc) is 3.21. The van der Waals surface area contributed by atoms with Crippen molar-refractivity contribution in [2.75, 3.05) is 37.8 Å². The fourth-order valence-electron chi connectivity index (χ4n) is 4.26. The molecule has 2 aromatic heterocycles. The number of para-hydroxylation sites is 1. The lowest BCUT2D eigenvalue weighted by atomic mass is 10.0. The molecule has 0 amide bonds. The number of morpholine rings is 1. The Bertz CT molecular complexity index is 1480. The van der Waals surface area contributed by atoms with Crippen LogP contribution in [0.3, 0.4) is 0 Å². The highest BCUT2D eigenvalue weighted by atomic mass is 32.2. The van der Waals surface area contributed by atoms with Gasteiger partial charge in [0.05, 0.1) is 46.2 Å². The summed E-state index contributed by atoms with van der Waals surface area (Å²) in [5.74, 6) is 5.45. The number of anilines is 1. The topological polar surface area (TPSA) is 95.5 Å². The van der Waals surface area contributed by atoms with Crippen LogP contribution in [0.2, 0.25) is 0 Å². The third-order valence-electron chi connectivity index (χ3n) is 5.74. The number of hydrogen-bond donors (Lipinski definition) is 2. The number of aromatic nitrogens is 2. The van der Waals surface area contributed by atoms with Gasteiger partial charge in [0.2, 0.25) is 0 Å². The first-order valence-electron chi connectivity index (χ1n) is 10.7.